The molecule has 3 aliphatic rings. The molecule has 2 aromatic rings. The molecule has 2 fully saturated rings. The molecule has 0 radical (unpaired) electrons. The molecule has 1 aromatic heterocycles. The van der Waals surface area contributed by atoms with E-state index in [0.717, 1.165) is 56.3 Å². The van der Waals surface area contributed by atoms with Crippen molar-refractivity contribution in [2.45, 2.75) is 90.0 Å². The highest BCUT2D eigenvalue weighted by atomic mass is 32.2. The van der Waals surface area contributed by atoms with Gasteiger partial charge in [-0.05, 0) is 76.3 Å². The van der Waals surface area contributed by atoms with E-state index in [0.29, 0.717) is 31.3 Å². The molecule has 1 aliphatic carbocycles. The van der Waals surface area contributed by atoms with E-state index in [1.807, 2.05) is 6.07 Å². The van der Waals surface area contributed by atoms with E-state index in [1.54, 1.807) is 0 Å². The Morgan fingerprint density at radius 2 is 1.63 bits per heavy atom. The van der Waals surface area contributed by atoms with Crippen molar-refractivity contribution >= 4 is 40.4 Å². The van der Waals surface area contributed by atoms with Gasteiger partial charge in [0.1, 0.15) is 10.5 Å². The molecule has 1 saturated carbocycles. The van der Waals surface area contributed by atoms with Gasteiger partial charge in [0.05, 0.1) is 5.52 Å². The Balaban J connectivity index is 1.12. The molecule has 0 spiro atoms. The number of thiol groups is 1. The highest BCUT2D eigenvalue weighted by Crippen LogP contribution is 2.38. The van der Waals surface area contributed by atoms with Gasteiger partial charge < -0.3 is 15.4 Å². The van der Waals surface area contributed by atoms with Crippen LogP contribution in [-0.2, 0) is 39.1 Å². The molecule has 0 atom stereocenters. The zero-order valence-electron chi connectivity index (χ0n) is 26.6. The molecule has 0 unspecified atom stereocenters. The van der Waals surface area contributed by atoms with Crippen LogP contribution in [0, 0.1) is 23.2 Å². The van der Waals surface area contributed by atoms with Crippen LogP contribution in [0.3, 0.4) is 0 Å². The molecule has 1 saturated heterocycles. The number of nitrogens with zero attached hydrogens (tertiary/aromatic N) is 2. The van der Waals surface area contributed by atoms with Gasteiger partial charge in [-0.3, -0.25) is 24.2 Å². The second-order valence-electron chi connectivity index (χ2n) is 15.1. The van der Waals surface area contributed by atoms with Gasteiger partial charge in [0.2, 0.25) is 10.9 Å². The molecule has 3 N–H and O–H groups in total. The Labute approximate surface area is 260 Å². The fourth-order valence-electron chi connectivity index (χ4n) is 6.68. The topological polar surface area (TPSA) is 106 Å². The first kappa shape index (κ1) is 31.6. The number of carbonyl (C=O) groups is 3. The summed E-state index contributed by atoms with van der Waals surface area (Å²) >= 11 is 1.25. The number of hydrogen-bond donors (Lipinski definition) is 3. The highest BCUT2D eigenvalue weighted by molar-refractivity contribution is 7.80. The third-order valence-electron chi connectivity index (χ3n) is 8.84. The van der Waals surface area contributed by atoms with Crippen molar-refractivity contribution in [2.75, 3.05) is 26.2 Å². The van der Waals surface area contributed by atoms with Crippen molar-refractivity contribution in [1.29, 1.82) is 0 Å². The minimum absolute atomic E-state index is 0.00171. The molecule has 5 rings (SSSR count). The van der Waals surface area contributed by atoms with E-state index >= 15 is 0 Å². The van der Waals surface area contributed by atoms with E-state index < -0.39 is 0 Å². The average Bonchev–Trinajstić information content (AvgIpc) is 3.38. The number of fused-ring (bicyclic) bond motifs is 1. The summed E-state index contributed by atoms with van der Waals surface area (Å²) in [7, 11) is 0. The van der Waals surface area contributed by atoms with E-state index in [9.17, 15) is 19.5 Å². The summed E-state index contributed by atoms with van der Waals surface area (Å²) in [5, 5.41) is 16.6. The number of aromatic amines is 1. The van der Waals surface area contributed by atoms with Crippen LogP contribution < -0.4 is 5.32 Å². The lowest BCUT2D eigenvalue weighted by Gasteiger charge is -2.40. The molecule has 3 amide bonds. The van der Waals surface area contributed by atoms with Crippen molar-refractivity contribution < 1.29 is 19.5 Å². The Kier molecular flexibility index (Phi) is 9.06. The summed E-state index contributed by atoms with van der Waals surface area (Å²) in [5.41, 5.74) is 3.51. The second-order valence-corrected chi connectivity index (χ2v) is 17.1. The first-order valence-electron chi connectivity index (χ1n) is 15.8. The zero-order chi connectivity index (χ0) is 31.1. The lowest BCUT2D eigenvalue weighted by Crippen LogP contribution is -2.51. The van der Waals surface area contributed by atoms with E-state index in [2.05, 4.69) is 62.8 Å². The maximum Gasteiger partial charge on any atom is 0.253 e. The van der Waals surface area contributed by atoms with Gasteiger partial charge in [-0.25, -0.2) is 0 Å². The van der Waals surface area contributed by atoms with Gasteiger partial charge in [-0.1, -0.05) is 20.8 Å². The van der Waals surface area contributed by atoms with Crippen molar-refractivity contribution in [1.82, 2.24) is 20.1 Å². The van der Waals surface area contributed by atoms with Crippen LogP contribution in [0.1, 0.15) is 78.4 Å². The SMILES string of the molecule is CC(C)(C)Cc1c([SH+]C(C)(C)C)[nH]c2c(CN3CC(CNC(=O)C4CCC(CN5C(=O)C=CC5=O)CC4)C3)c(O)ccc12. The van der Waals surface area contributed by atoms with Gasteiger partial charge in [0.25, 0.3) is 11.8 Å². The third-order valence-corrected chi connectivity index (χ3v) is 10.1. The number of benzene rings is 1. The predicted molar refractivity (Wildman–Crippen MR) is 173 cm³/mol. The number of phenols is 1. The van der Waals surface area contributed by atoms with Gasteiger partial charge in [-0.15, -0.1) is 0 Å². The molecule has 9 heteroatoms. The standard InChI is InChI=1S/C34H48N4O4S/c1-33(2,3)15-25-24-11-12-27(39)26(30(24)36-32(25)43-34(4,5)6)20-37-17-22(18-37)16-35-31(42)23-9-7-21(8-10-23)19-38-28(40)13-14-29(38)41/h11-14,21-23,36,39H,7-10,15-20H2,1-6H3,(H,35,42)/p+1. The number of rotatable bonds is 9. The van der Waals surface area contributed by atoms with Gasteiger partial charge in [-0.2, -0.15) is 0 Å². The number of hydrogen-bond acceptors (Lipinski definition) is 5. The summed E-state index contributed by atoms with van der Waals surface area (Å²) in [6.07, 6.45) is 6.94. The summed E-state index contributed by atoms with van der Waals surface area (Å²) in [6.45, 7) is 17.2. The normalized spacial score (nSPS) is 22.0. The third kappa shape index (κ3) is 7.66. The number of aromatic hydroxyl groups is 1. The van der Waals surface area contributed by atoms with Crippen molar-refractivity contribution in [3.8, 4) is 5.75 Å². The minimum atomic E-state index is -0.227. The average molecular weight is 610 g/mol. The number of aromatic nitrogens is 1. The van der Waals surface area contributed by atoms with Crippen LogP contribution in [0.4, 0.5) is 0 Å². The fourth-order valence-corrected chi connectivity index (χ4v) is 7.85. The van der Waals surface area contributed by atoms with Crippen molar-refractivity contribution in [3.63, 3.8) is 0 Å². The lowest BCUT2D eigenvalue weighted by molar-refractivity contribution is -0.138. The van der Waals surface area contributed by atoms with Gasteiger partial charge >= 0.3 is 0 Å². The largest absolute Gasteiger partial charge is 0.508 e. The number of phenolic OH excluding ortho intramolecular Hbond substituents is 1. The number of nitrogens with one attached hydrogen (secondary N) is 2. The monoisotopic (exact) mass is 609 g/mol. The molecular weight excluding hydrogens is 560 g/mol. The van der Waals surface area contributed by atoms with Crippen LogP contribution >= 0.6 is 0 Å². The van der Waals surface area contributed by atoms with E-state index in [4.69, 9.17) is 0 Å². The minimum Gasteiger partial charge on any atom is -0.508 e. The quantitative estimate of drug-likeness (QED) is 0.217. The fraction of sp³-hybridized carbons (Fsp3) is 0.618. The molecule has 234 valence electrons. The number of carbonyl (C=O) groups excluding carboxylic acids is 3. The van der Waals surface area contributed by atoms with Crippen LogP contribution in [-0.4, -0.2) is 68.5 Å². The Hall–Kier alpha value is -2.78. The zero-order valence-corrected chi connectivity index (χ0v) is 27.5. The van der Waals surface area contributed by atoms with Crippen LogP contribution in [0.15, 0.2) is 29.3 Å². The van der Waals surface area contributed by atoms with E-state index in [-0.39, 0.29) is 39.7 Å². The Morgan fingerprint density at radius 3 is 2.23 bits per heavy atom. The second kappa shape index (κ2) is 12.3. The highest BCUT2D eigenvalue weighted by Gasteiger charge is 2.34. The summed E-state index contributed by atoms with van der Waals surface area (Å²) in [4.78, 5) is 44.0. The lowest BCUT2D eigenvalue weighted by atomic mass is 9.81. The first-order chi connectivity index (χ1) is 20.2. The maximum atomic E-state index is 12.9. The Bertz CT molecular complexity index is 1380. The molecule has 43 heavy (non-hydrogen) atoms. The smallest absolute Gasteiger partial charge is 0.253 e. The summed E-state index contributed by atoms with van der Waals surface area (Å²) in [6, 6.07) is 3.91. The molecule has 8 nitrogen and oxygen atoms in total. The van der Waals surface area contributed by atoms with Crippen LogP contribution in [0.2, 0.25) is 0 Å². The summed E-state index contributed by atoms with van der Waals surface area (Å²) in [5.74, 6) is 0.669. The Morgan fingerprint density at radius 1 is 0.977 bits per heavy atom. The first-order valence-corrected chi connectivity index (χ1v) is 16.7. The molecule has 1 aromatic carbocycles. The number of imide groups is 1. The number of H-pyrrole nitrogens is 1. The van der Waals surface area contributed by atoms with Crippen LogP contribution in [0.5, 0.6) is 5.75 Å². The summed E-state index contributed by atoms with van der Waals surface area (Å²) < 4.78 is 0.121. The number of likely N-dealkylation sites (tertiary alicyclic amines) is 1. The molecule has 2 aliphatic heterocycles. The van der Waals surface area contributed by atoms with E-state index in [1.165, 1.54) is 44.8 Å². The molecule has 3 heterocycles. The molecule has 0 bridgehead atoms. The number of amides is 3. The van der Waals surface area contributed by atoms with Crippen molar-refractivity contribution in [3.05, 3.63) is 35.4 Å². The van der Waals surface area contributed by atoms with Gasteiger partial charge in [0, 0.05) is 85.0 Å². The predicted octanol–water partition coefficient (Wildman–Crippen LogP) is 4.71. The molecular formula is C34H49N4O4S+. The van der Waals surface area contributed by atoms with Gasteiger partial charge in [0.15, 0.2) is 0 Å². The van der Waals surface area contributed by atoms with Crippen LogP contribution in [0.25, 0.3) is 10.9 Å². The van der Waals surface area contributed by atoms with Crippen molar-refractivity contribution in [2.24, 2.45) is 23.2 Å². The maximum absolute atomic E-state index is 12.9.